The number of amides is 1. The molecule has 108 valence electrons. The van der Waals surface area contributed by atoms with Gasteiger partial charge in [-0.1, -0.05) is 13.8 Å². The second-order valence-corrected chi connectivity index (χ2v) is 4.87. The van der Waals surface area contributed by atoms with Gasteiger partial charge in [-0.15, -0.1) is 0 Å². The number of carbonyl (C=O) groups is 1. The van der Waals surface area contributed by atoms with Crippen LogP contribution in [-0.4, -0.2) is 33.9 Å². The monoisotopic (exact) mass is 268 g/mol. The normalized spacial score (nSPS) is 12.4. The van der Waals surface area contributed by atoms with Crippen molar-refractivity contribution < 1.29 is 9.90 Å². The summed E-state index contributed by atoms with van der Waals surface area (Å²) >= 11 is 0. The molecule has 0 aliphatic heterocycles. The number of nitrogens with two attached hydrogens (primary N) is 1. The first-order valence-corrected chi connectivity index (χ1v) is 6.71. The molecule has 1 aromatic heterocycles. The number of nitrogens with zero attached hydrogens (tertiary/aromatic N) is 2. The average Bonchev–Trinajstić information content (AvgIpc) is 2.68. The predicted octanol–water partition coefficient (Wildman–Crippen LogP) is 0.703. The molecule has 0 aliphatic rings. The second-order valence-electron chi connectivity index (χ2n) is 4.87. The zero-order valence-corrected chi connectivity index (χ0v) is 11.9. The highest BCUT2D eigenvalue weighted by Crippen LogP contribution is 2.16. The molecule has 1 atom stereocenters. The van der Waals surface area contributed by atoms with E-state index >= 15 is 0 Å². The summed E-state index contributed by atoms with van der Waals surface area (Å²) in [5, 5.41) is 16.0. The summed E-state index contributed by atoms with van der Waals surface area (Å²) in [6.45, 7) is 4.70. The Balaban J connectivity index is 2.52. The molecular formula is C13H24N4O2. The van der Waals surface area contributed by atoms with Crippen LogP contribution in [0.4, 0.5) is 5.69 Å². The Kier molecular flexibility index (Phi) is 5.82. The minimum absolute atomic E-state index is 0.183. The lowest BCUT2D eigenvalue weighted by Crippen LogP contribution is -2.27. The quantitative estimate of drug-likeness (QED) is 0.635. The van der Waals surface area contributed by atoms with E-state index in [2.05, 4.69) is 10.4 Å². The van der Waals surface area contributed by atoms with Crippen molar-refractivity contribution in [3.8, 4) is 0 Å². The largest absolute Gasteiger partial charge is 0.396 e. The smallest absolute Gasteiger partial charge is 0.271 e. The lowest BCUT2D eigenvalue weighted by atomic mass is 10.1. The van der Waals surface area contributed by atoms with Gasteiger partial charge in [-0.3, -0.25) is 9.48 Å². The Morgan fingerprint density at radius 2 is 2.26 bits per heavy atom. The summed E-state index contributed by atoms with van der Waals surface area (Å²) in [5.74, 6) is 0.0780. The molecule has 0 saturated carbocycles. The first-order valence-electron chi connectivity index (χ1n) is 6.71. The molecule has 19 heavy (non-hydrogen) atoms. The molecule has 1 heterocycles. The Hall–Kier alpha value is -1.56. The van der Waals surface area contributed by atoms with Gasteiger partial charge in [-0.25, -0.2) is 0 Å². The molecule has 0 bridgehead atoms. The number of rotatable bonds is 7. The van der Waals surface area contributed by atoms with Crippen LogP contribution in [0.3, 0.4) is 0 Å². The van der Waals surface area contributed by atoms with Crippen molar-refractivity contribution in [2.75, 3.05) is 18.9 Å². The van der Waals surface area contributed by atoms with Gasteiger partial charge in [0, 0.05) is 20.2 Å². The zero-order valence-electron chi connectivity index (χ0n) is 11.9. The summed E-state index contributed by atoms with van der Waals surface area (Å²) < 4.78 is 1.53. The third-order valence-corrected chi connectivity index (χ3v) is 3.18. The molecule has 1 aromatic rings. The van der Waals surface area contributed by atoms with Crippen LogP contribution in [0.5, 0.6) is 0 Å². The van der Waals surface area contributed by atoms with E-state index in [1.165, 1.54) is 4.68 Å². The van der Waals surface area contributed by atoms with Gasteiger partial charge >= 0.3 is 0 Å². The second kappa shape index (κ2) is 7.13. The fraction of sp³-hybridized carbons (Fsp3) is 0.692. The summed E-state index contributed by atoms with van der Waals surface area (Å²) in [6, 6.07) is 0. The highest BCUT2D eigenvalue weighted by atomic mass is 16.3. The van der Waals surface area contributed by atoms with E-state index in [4.69, 9.17) is 10.8 Å². The standard InChI is InChI=1S/C13H24N4O2/c1-4-10-11(14)12(17(3)16-10)13(19)15-7-5-6-9(2)8-18/h9,18H,4-8,14H2,1-3H3,(H,15,19). The van der Waals surface area contributed by atoms with E-state index < -0.39 is 0 Å². The van der Waals surface area contributed by atoms with Crippen molar-refractivity contribution in [2.45, 2.75) is 33.1 Å². The van der Waals surface area contributed by atoms with E-state index in [-0.39, 0.29) is 18.4 Å². The van der Waals surface area contributed by atoms with Gasteiger partial charge in [0.1, 0.15) is 5.69 Å². The molecule has 1 unspecified atom stereocenters. The van der Waals surface area contributed by atoms with Crippen LogP contribution < -0.4 is 11.1 Å². The number of nitrogen functional groups attached to an aromatic ring is 1. The van der Waals surface area contributed by atoms with Crippen LogP contribution in [0, 0.1) is 5.92 Å². The number of aryl methyl sites for hydroxylation is 2. The Morgan fingerprint density at radius 3 is 2.79 bits per heavy atom. The SMILES string of the molecule is CCc1nn(C)c(C(=O)NCCCC(C)CO)c1N. The number of aliphatic hydroxyl groups excluding tert-OH is 1. The number of carbonyl (C=O) groups excluding carboxylic acids is 1. The van der Waals surface area contributed by atoms with Crippen LogP contribution in [-0.2, 0) is 13.5 Å². The van der Waals surface area contributed by atoms with Crippen LogP contribution in [0.15, 0.2) is 0 Å². The Bertz CT molecular complexity index is 429. The molecule has 0 fully saturated rings. The molecule has 6 nitrogen and oxygen atoms in total. The number of aromatic nitrogens is 2. The van der Waals surface area contributed by atoms with Crippen molar-refractivity contribution in [1.82, 2.24) is 15.1 Å². The zero-order chi connectivity index (χ0) is 14.4. The molecule has 4 N–H and O–H groups in total. The highest BCUT2D eigenvalue weighted by Gasteiger charge is 2.18. The van der Waals surface area contributed by atoms with Crippen LogP contribution in [0.1, 0.15) is 42.9 Å². The number of hydrogen-bond donors (Lipinski definition) is 3. The fourth-order valence-corrected chi connectivity index (χ4v) is 1.95. The van der Waals surface area contributed by atoms with E-state index in [1.807, 2.05) is 13.8 Å². The molecule has 0 aliphatic carbocycles. The summed E-state index contributed by atoms with van der Waals surface area (Å²) in [7, 11) is 1.72. The van der Waals surface area contributed by atoms with Crippen molar-refractivity contribution in [1.29, 1.82) is 0 Å². The van der Waals surface area contributed by atoms with Gasteiger partial charge in [-0.05, 0) is 25.2 Å². The number of anilines is 1. The highest BCUT2D eigenvalue weighted by molar-refractivity contribution is 5.97. The maximum Gasteiger partial charge on any atom is 0.271 e. The van der Waals surface area contributed by atoms with Crippen molar-refractivity contribution in [3.05, 3.63) is 11.4 Å². The topological polar surface area (TPSA) is 93.2 Å². The van der Waals surface area contributed by atoms with Gasteiger partial charge in [0.15, 0.2) is 0 Å². The molecule has 0 spiro atoms. The molecular weight excluding hydrogens is 244 g/mol. The first kappa shape index (κ1) is 15.5. The lowest BCUT2D eigenvalue weighted by Gasteiger charge is -2.09. The van der Waals surface area contributed by atoms with Gasteiger partial charge < -0.3 is 16.2 Å². The third kappa shape index (κ3) is 3.96. The van der Waals surface area contributed by atoms with Crippen molar-refractivity contribution in [3.63, 3.8) is 0 Å². The predicted molar refractivity (Wildman–Crippen MR) is 74.8 cm³/mol. The lowest BCUT2D eigenvalue weighted by molar-refractivity contribution is 0.0943. The fourth-order valence-electron chi connectivity index (χ4n) is 1.95. The minimum atomic E-state index is -0.191. The average molecular weight is 268 g/mol. The van der Waals surface area contributed by atoms with E-state index in [0.717, 1.165) is 18.5 Å². The van der Waals surface area contributed by atoms with Crippen molar-refractivity contribution in [2.24, 2.45) is 13.0 Å². The Labute approximate surface area is 114 Å². The summed E-state index contributed by atoms with van der Waals surface area (Å²) in [4.78, 5) is 12.0. The minimum Gasteiger partial charge on any atom is -0.396 e. The first-order chi connectivity index (χ1) is 9.01. The van der Waals surface area contributed by atoms with Gasteiger partial charge in [0.05, 0.1) is 11.4 Å². The molecule has 1 rings (SSSR count). The van der Waals surface area contributed by atoms with E-state index in [9.17, 15) is 4.79 Å². The molecule has 0 aromatic carbocycles. The maximum absolute atomic E-state index is 12.0. The molecule has 0 radical (unpaired) electrons. The van der Waals surface area contributed by atoms with Gasteiger partial charge in [0.2, 0.25) is 0 Å². The third-order valence-electron chi connectivity index (χ3n) is 3.18. The van der Waals surface area contributed by atoms with Crippen LogP contribution >= 0.6 is 0 Å². The van der Waals surface area contributed by atoms with E-state index in [1.54, 1.807) is 7.05 Å². The summed E-state index contributed by atoms with van der Waals surface area (Å²) in [5.41, 5.74) is 7.55. The molecule has 0 saturated heterocycles. The Morgan fingerprint density at radius 1 is 1.58 bits per heavy atom. The van der Waals surface area contributed by atoms with Gasteiger partial charge in [-0.2, -0.15) is 5.10 Å². The summed E-state index contributed by atoms with van der Waals surface area (Å²) in [6.07, 6.45) is 2.44. The van der Waals surface area contributed by atoms with E-state index in [0.29, 0.717) is 24.3 Å². The molecule has 1 amide bonds. The van der Waals surface area contributed by atoms with Crippen LogP contribution in [0.2, 0.25) is 0 Å². The van der Waals surface area contributed by atoms with Crippen molar-refractivity contribution >= 4 is 11.6 Å². The molecule has 6 heteroatoms. The van der Waals surface area contributed by atoms with Gasteiger partial charge in [0.25, 0.3) is 5.91 Å². The number of nitrogens with one attached hydrogen (secondary N) is 1. The maximum atomic E-state index is 12.0. The number of hydrogen-bond acceptors (Lipinski definition) is 4. The van der Waals surface area contributed by atoms with Crippen LogP contribution in [0.25, 0.3) is 0 Å². The number of aliphatic hydroxyl groups is 1.